The molecule has 84 valence electrons. The number of alkyl halides is 1. The van der Waals surface area contributed by atoms with Gasteiger partial charge in [0.25, 0.3) is 0 Å². The van der Waals surface area contributed by atoms with E-state index in [0.717, 1.165) is 30.5 Å². The summed E-state index contributed by atoms with van der Waals surface area (Å²) in [6.45, 7) is 4.09. The first kappa shape index (κ1) is 12.2. The first-order valence-electron chi connectivity index (χ1n) is 5.17. The summed E-state index contributed by atoms with van der Waals surface area (Å²) in [5.41, 5.74) is 1.97. The van der Waals surface area contributed by atoms with Crippen LogP contribution in [0.15, 0.2) is 6.33 Å². The lowest BCUT2D eigenvalue weighted by molar-refractivity contribution is 0.392. The van der Waals surface area contributed by atoms with Gasteiger partial charge in [0.15, 0.2) is 0 Å². The van der Waals surface area contributed by atoms with E-state index in [-0.39, 0.29) is 5.38 Å². The number of rotatable bonds is 5. The van der Waals surface area contributed by atoms with Gasteiger partial charge in [0.05, 0.1) is 12.8 Å². The number of aromatic nitrogens is 2. The first-order valence-corrected chi connectivity index (χ1v) is 5.61. The molecule has 3 nitrogen and oxygen atoms in total. The summed E-state index contributed by atoms with van der Waals surface area (Å²) in [5.74, 6) is 0.639. The van der Waals surface area contributed by atoms with E-state index in [1.807, 2.05) is 6.92 Å². The molecular weight excluding hydrogens is 212 g/mol. The van der Waals surface area contributed by atoms with Gasteiger partial charge < -0.3 is 4.74 Å². The summed E-state index contributed by atoms with van der Waals surface area (Å²) < 4.78 is 5.13. The molecule has 0 saturated carbocycles. The third-order valence-electron chi connectivity index (χ3n) is 2.35. The molecule has 0 fully saturated rings. The number of nitrogens with zero attached hydrogens (tertiary/aromatic N) is 2. The molecule has 0 aromatic carbocycles. The van der Waals surface area contributed by atoms with E-state index in [1.54, 1.807) is 7.11 Å². The van der Waals surface area contributed by atoms with Gasteiger partial charge in [-0.2, -0.15) is 0 Å². The molecule has 0 aliphatic carbocycles. The van der Waals surface area contributed by atoms with Crippen LogP contribution in [0.5, 0.6) is 5.88 Å². The van der Waals surface area contributed by atoms with E-state index >= 15 is 0 Å². The number of methoxy groups -OCH3 is 1. The Kier molecular flexibility index (Phi) is 4.82. The zero-order chi connectivity index (χ0) is 11.3. The molecule has 1 aromatic heterocycles. The van der Waals surface area contributed by atoms with E-state index in [2.05, 4.69) is 16.9 Å². The van der Waals surface area contributed by atoms with Crippen molar-refractivity contribution in [3.63, 3.8) is 0 Å². The Bertz CT molecular complexity index is 317. The maximum Gasteiger partial charge on any atom is 0.219 e. The Morgan fingerprint density at radius 2 is 2.20 bits per heavy atom. The Morgan fingerprint density at radius 3 is 2.80 bits per heavy atom. The van der Waals surface area contributed by atoms with Crippen LogP contribution < -0.4 is 4.74 Å². The average molecular weight is 229 g/mol. The van der Waals surface area contributed by atoms with E-state index < -0.39 is 0 Å². The van der Waals surface area contributed by atoms with Crippen LogP contribution in [0, 0.1) is 6.92 Å². The molecule has 1 atom stereocenters. The Hall–Kier alpha value is -0.830. The maximum atomic E-state index is 6.18. The van der Waals surface area contributed by atoms with Crippen molar-refractivity contribution >= 4 is 11.6 Å². The van der Waals surface area contributed by atoms with Crippen LogP contribution in [0.25, 0.3) is 0 Å². The van der Waals surface area contributed by atoms with Gasteiger partial charge in [0.1, 0.15) is 6.33 Å². The van der Waals surface area contributed by atoms with Crippen LogP contribution >= 0.6 is 11.6 Å². The number of halogens is 1. The molecule has 1 rings (SSSR count). The number of hydrogen-bond acceptors (Lipinski definition) is 3. The zero-order valence-electron chi connectivity index (χ0n) is 9.46. The molecule has 0 aliphatic rings. The molecule has 0 saturated heterocycles. The Balaban J connectivity index is 2.76. The minimum Gasteiger partial charge on any atom is -0.481 e. The topological polar surface area (TPSA) is 35.0 Å². The standard InChI is InChI=1S/C11H17ClN2O/c1-4-5-9(12)6-10-8(2)11(15-3)14-7-13-10/h7,9H,4-6H2,1-3H3. The van der Waals surface area contributed by atoms with Gasteiger partial charge in [-0.05, 0) is 13.3 Å². The molecule has 1 aromatic rings. The Morgan fingerprint density at radius 1 is 1.47 bits per heavy atom. The highest BCUT2D eigenvalue weighted by Crippen LogP contribution is 2.19. The van der Waals surface area contributed by atoms with Crippen molar-refractivity contribution in [3.05, 3.63) is 17.6 Å². The fourth-order valence-electron chi connectivity index (χ4n) is 1.50. The maximum absolute atomic E-state index is 6.18. The highest BCUT2D eigenvalue weighted by molar-refractivity contribution is 6.20. The number of ether oxygens (including phenoxy) is 1. The monoisotopic (exact) mass is 228 g/mol. The molecule has 0 spiro atoms. The quantitative estimate of drug-likeness (QED) is 0.727. The van der Waals surface area contributed by atoms with Gasteiger partial charge in [0, 0.05) is 17.4 Å². The van der Waals surface area contributed by atoms with Gasteiger partial charge >= 0.3 is 0 Å². The van der Waals surface area contributed by atoms with Crippen LogP contribution in [0.2, 0.25) is 0 Å². The second kappa shape index (κ2) is 5.91. The molecule has 0 aliphatic heterocycles. The predicted octanol–water partition coefficient (Wildman–Crippen LogP) is 2.74. The van der Waals surface area contributed by atoms with E-state index in [1.165, 1.54) is 6.33 Å². The average Bonchev–Trinajstić information content (AvgIpc) is 2.21. The van der Waals surface area contributed by atoms with Gasteiger partial charge in [-0.3, -0.25) is 0 Å². The van der Waals surface area contributed by atoms with Crippen molar-refractivity contribution in [2.45, 2.75) is 38.5 Å². The summed E-state index contributed by atoms with van der Waals surface area (Å²) >= 11 is 6.18. The summed E-state index contributed by atoms with van der Waals surface area (Å²) in [6.07, 6.45) is 4.40. The van der Waals surface area contributed by atoms with Gasteiger partial charge in [-0.25, -0.2) is 9.97 Å². The molecule has 0 bridgehead atoms. The smallest absolute Gasteiger partial charge is 0.219 e. The van der Waals surface area contributed by atoms with Crippen molar-refractivity contribution in [1.29, 1.82) is 0 Å². The normalized spacial score (nSPS) is 12.5. The van der Waals surface area contributed by atoms with Crippen LogP contribution in [0.1, 0.15) is 31.0 Å². The second-order valence-corrected chi connectivity index (χ2v) is 4.16. The predicted molar refractivity (Wildman–Crippen MR) is 61.6 cm³/mol. The largest absolute Gasteiger partial charge is 0.481 e. The van der Waals surface area contributed by atoms with Crippen molar-refractivity contribution in [3.8, 4) is 5.88 Å². The molecule has 1 unspecified atom stereocenters. The van der Waals surface area contributed by atoms with E-state index in [9.17, 15) is 0 Å². The lowest BCUT2D eigenvalue weighted by Gasteiger charge is -2.11. The first-order chi connectivity index (χ1) is 7.19. The van der Waals surface area contributed by atoms with Crippen molar-refractivity contribution in [1.82, 2.24) is 9.97 Å². The minimum atomic E-state index is 0.147. The third kappa shape index (κ3) is 3.34. The SMILES string of the molecule is CCCC(Cl)Cc1ncnc(OC)c1C. The lowest BCUT2D eigenvalue weighted by atomic mass is 10.1. The minimum absolute atomic E-state index is 0.147. The van der Waals surface area contributed by atoms with Crippen LogP contribution in [0.4, 0.5) is 0 Å². The summed E-state index contributed by atoms with van der Waals surface area (Å²) in [5, 5.41) is 0.147. The van der Waals surface area contributed by atoms with Gasteiger partial charge in [-0.1, -0.05) is 13.3 Å². The number of hydrogen-bond donors (Lipinski definition) is 0. The van der Waals surface area contributed by atoms with E-state index in [4.69, 9.17) is 16.3 Å². The zero-order valence-corrected chi connectivity index (χ0v) is 10.2. The van der Waals surface area contributed by atoms with E-state index in [0.29, 0.717) is 5.88 Å². The van der Waals surface area contributed by atoms with Crippen LogP contribution in [-0.2, 0) is 6.42 Å². The van der Waals surface area contributed by atoms with Crippen LogP contribution in [0.3, 0.4) is 0 Å². The fourth-order valence-corrected chi connectivity index (χ4v) is 1.87. The third-order valence-corrected chi connectivity index (χ3v) is 2.72. The molecular formula is C11H17ClN2O. The highest BCUT2D eigenvalue weighted by Gasteiger charge is 2.11. The summed E-state index contributed by atoms with van der Waals surface area (Å²) in [6, 6.07) is 0. The molecule has 1 heterocycles. The fraction of sp³-hybridized carbons (Fsp3) is 0.636. The molecule has 0 N–H and O–H groups in total. The molecule has 0 radical (unpaired) electrons. The summed E-state index contributed by atoms with van der Waals surface area (Å²) in [7, 11) is 1.61. The van der Waals surface area contributed by atoms with Crippen molar-refractivity contribution in [2.75, 3.05) is 7.11 Å². The summed E-state index contributed by atoms with van der Waals surface area (Å²) in [4.78, 5) is 8.27. The van der Waals surface area contributed by atoms with Crippen molar-refractivity contribution < 1.29 is 4.74 Å². The lowest BCUT2D eigenvalue weighted by Crippen LogP contribution is -2.07. The van der Waals surface area contributed by atoms with Gasteiger partial charge in [-0.15, -0.1) is 11.6 Å². The molecule has 15 heavy (non-hydrogen) atoms. The molecule has 0 amide bonds. The second-order valence-electron chi connectivity index (χ2n) is 3.54. The van der Waals surface area contributed by atoms with Crippen LogP contribution in [-0.4, -0.2) is 22.5 Å². The van der Waals surface area contributed by atoms with Gasteiger partial charge in [0.2, 0.25) is 5.88 Å². The molecule has 4 heteroatoms. The Labute approximate surface area is 95.8 Å². The van der Waals surface area contributed by atoms with Crippen molar-refractivity contribution in [2.24, 2.45) is 0 Å². The highest BCUT2D eigenvalue weighted by atomic mass is 35.5.